The Kier molecular flexibility index (Phi) is 4.23. The smallest absolute Gasteiger partial charge is 0.215 e. The monoisotopic (exact) mass is 257 g/mol. The van der Waals surface area contributed by atoms with Crippen LogP contribution in [0.3, 0.4) is 0 Å². The van der Waals surface area contributed by atoms with Gasteiger partial charge in [-0.05, 0) is 18.1 Å². The van der Waals surface area contributed by atoms with Crippen LogP contribution in [0.15, 0.2) is 42.5 Å². The van der Waals surface area contributed by atoms with Crippen LogP contribution in [0.1, 0.15) is 24.9 Å². The molecule has 0 saturated heterocycles. The number of hydrogen-bond donors (Lipinski definition) is 2. The zero-order valence-corrected chi connectivity index (χ0v) is 11.3. The van der Waals surface area contributed by atoms with Crippen molar-refractivity contribution in [3.8, 4) is 5.88 Å². The lowest BCUT2D eigenvalue weighted by molar-refractivity contribution is 0.398. The predicted octanol–water partition coefficient (Wildman–Crippen LogP) is 3.24. The van der Waals surface area contributed by atoms with E-state index in [0.717, 1.165) is 6.42 Å². The number of nitrogen functional groups attached to an aromatic ring is 1. The van der Waals surface area contributed by atoms with Crippen molar-refractivity contribution in [1.82, 2.24) is 4.98 Å². The van der Waals surface area contributed by atoms with E-state index in [-0.39, 0.29) is 6.04 Å². The van der Waals surface area contributed by atoms with Gasteiger partial charge in [0.15, 0.2) is 5.82 Å². The van der Waals surface area contributed by atoms with Gasteiger partial charge in [0.1, 0.15) is 0 Å². The zero-order chi connectivity index (χ0) is 13.7. The molecule has 2 rings (SSSR count). The number of methoxy groups -OCH3 is 1. The molecule has 3 N–H and O–H groups in total. The molecule has 0 aliphatic heterocycles. The van der Waals surface area contributed by atoms with Gasteiger partial charge in [0, 0.05) is 6.07 Å². The van der Waals surface area contributed by atoms with Crippen LogP contribution < -0.4 is 15.8 Å². The van der Waals surface area contributed by atoms with Crippen molar-refractivity contribution >= 4 is 11.5 Å². The van der Waals surface area contributed by atoms with Gasteiger partial charge in [0.25, 0.3) is 0 Å². The molecule has 100 valence electrons. The molecule has 0 saturated carbocycles. The van der Waals surface area contributed by atoms with Crippen molar-refractivity contribution in [2.75, 3.05) is 18.2 Å². The van der Waals surface area contributed by atoms with Crippen LogP contribution in [0.4, 0.5) is 11.5 Å². The number of nitrogens with two attached hydrogens (primary N) is 1. The summed E-state index contributed by atoms with van der Waals surface area (Å²) >= 11 is 0. The van der Waals surface area contributed by atoms with Gasteiger partial charge >= 0.3 is 0 Å². The summed E-state index contributed by atoms with van der Waals surface area (Å²) in [5, 5.41) is 3.37. The summed E-state index contributed by atoms with van der Waals surface area (Å²) in [6, 6.07) is 14.0. The van der Waals surface area contributed by atoms with Gasteiger partial charge in [-0.1, -0.05) is 37.3 Å². The van der Waals surface area contributed by atoms with Crippen LogP contribution in [0, 0.1) is 0 Å². The highest BCUT2D eigenvalue weighted by Gasteiger charge is 2.11. The molecule has 1 unspecified atom stereocenters. The minimum atomic E-state index is 0.183. The van der Waals surface area contributed by atoms with E-state index in [9.17, 15) is 0 Å². The van der Waals surface area contributed by atoms with Crippen molar-refractivity contribution in [3.63, 3.8) is 0 Å². The molecule has 1 atom stereocenters. The summed E-state index contributed by atoms with van der Waals surface area (Å²) in [7, 11) is 1.59. The van der Waals surface area contributed by atoms with E-state index in [2.05, 4.69) is 29.4 Å². The molecule has 0 radical (unpaired) electrons. The summed E-state index contributed by atoms with van der Waals surface area (Å²) in [5.74, 6) is 1.22. The maximum atomic E-state index is 5.94. The summed E-state index contributed by atoms with van der Waals surface area (Å²) in [6.45, 7) is 2.13. The molecule has 0 spiro atoms. The maximum Gasteiger partial charge on any atom is 0.215 e. The van der Waals surface area contributed by atoms with Gasteiger partial charge in [-0.2, -0.15) is 4.98 Å². The van der Waals surface area contributed by atoms with Crippen LogP contribution in [-0.4, -0.2) is 12.1 Å². The van der Waals surface area contributed by atoms with E-state index in [4.69, 9.17) is 10.5 Å². The first kappa shape index (κ1) is 13.2. The third-order valence-corrected chi connectivity index (χ3v) is 3.03. The number of ether oxygens (including phenoxy) is 1. The second kappa shape index (κ2) is 6.09. The lowest BCUT2D eigenvalue weighted by Crippen LogP contribution is -2.12. The molecule has 1 heterocycles. The Morgan fingerprint density at radius 2 is 1.95 bits per heavy atom. The van der Waals surface area contributed by atoms with Crippen LogP contribution in [0.5, 0.6) is 5.88 Å². The number of aromatic nitrogens is 1. The van der Waals surface area contributed by atoms with Crippen LogP contribution in [-0.2, 0) is 0 Å². The Balaban J connectivity index is 2.23. The minimum Gasteiger partial charge on any atom is -0.481 e. The summed E-state index contributed by atoms with van der Waals surface area (Å²) in [6.07, 6.45) is 0.947. The first-order valence-electron chi connectivity index (χ1n) is 6.36. The summed E-state index contributed by atoms with van der Waals surface area (Å²) in [5.41, 5.74) is 7.78. The molecule has 2 aromatic rings. The average molecular weight is 257 g/mol. The van der Waals surface area contributed by atoms with E-state index in [0.29, 0.717) is 17.4 Å². The molecule has 19 heavy (non-hydrogen) atoms. The van der Waals surface area contributed by atoms with Crippen molar-refractivity contribution in [2.24, 2.45) is 0 Å². The van der Waals surface area contributed by atoms with Crippen LogP contribution in [0.25, 0.3) is 0 Å². The Hall–Kier alpha value is -2.23. The van der Waals surface area contributed by atoms with Gasteiger partial charge in [-0.15, -0.1) is 0 Å². The van der Waals surface area contributed by atoms with Gasteiger partial charge < -0.3 is 15.8 Å². The van der Waals surface area contributed by atoms with Gasteiger partial charge in [-0.3, -0.25) is 0 Å². The minimum absolute atomic E-state index is 0.183. The molecule has 4 heteroatoms. The molecule has 0 aliphatic rings. The van der Waals surface area contributed by atoms with E-state index >= 15 is 0 Å². The Morgan fingerprint density at radius 1 is 1.21 bits per heavy atom. The van der Waals surface area contributed by atoms with Crippen molar-refractivity contribution in [3.05, 3.63) is 48.0 Å². The summed E-state index contributed by atoms with van der Waals surface area (Å²) < 4.78 is 5.12. The molecule has 0 bridgehead atoms. The Morgan fingerprint density at radius 3 is 2.58 bits per heavy atom. The largest absolute Gasteiger partial charge is 0.481 e. The Labute approximate surface area is 113 Å². The topological polar surface area (TPSA) is 60.2 Å². The number of nitrogens with zero attached hydrogens (tertiary/aromatic N) is 1. The third kappa shape index (κ3) is 3.16. The number of benzene rings is 1. The zero-order valence-electron chi connectivity index (χ0n) is 11.3. The van der Waals surface area contributed by atoms with Gasteiger partial charge in [0.05, 0.1) is 18.8 Å². The van der Waals surface area contributed by atoms with Crippen molar-refractivity contribution in [2.45, 2.75) is 19.4 Å². The standard InChI is InChI=1S/C15H19N3O/c1-3-13(11-7-5-4-6-8-11)17-15-12(16)9-10-14(18-15)19-2/h4-10,13H,3,16H2,1-2H3,(H,17,18). The first-order chi connectivity index (χ1) is 9.24. The predicted molar refractivity (Wildman–Crippen MR) is 78.3 cm³/mol. The summed E-state index contributed by atoms with van der Waals surface area (Å²) in [4.78, 5) is 4.35. The van der Waals surface area contributed by atoms with E-state index in [1.165, 1.54) is 5.56 Å². The molecule has 0 fully saturated rings. The second-order valence-electron chi connectivity index (χ2n) is 4.31. The van der Waals surface area contributed by atoms with Crippen LogP contribution >= 0.6 is 0 Å². The fraction of sp³-hybridized carbons (Fsp3) is 0.267. The highest BCUT2D eigenvalue weighted by atomic mass is 16.5. The normalized spacial score (nSPS) is 11.9. The molecule has 0 amide bonds. The molecule has 0 aliphatic carbocycles. The molecule has 1 aromatic carbocycles. The van der Waals surface area contributed by atoms with E-state index in [1.54, 1.807) is 19.2 Å². The van der Waals surface area contributed by atoms with Gasteiger partial charge in [-0.25, -0.2) is 0 Å². The highest BCUT2D eigenvalue weighted by Crippen LogP contribution is 2.26. The number of nitrogens with one attached hydrogen (secondary N) is 1. The fourth-order valence-electron chi connectivity index (χ4n) is 1.95. The number of rotatable bonds is 5. The maximum absolute atomic E-state index is 5.94. The lowest BCUT2D eigenvalue weighted by atomic mass is 10.0. The quantitative estimate of drug-likeness (QED) is 0.863. The number of anilines is 2. The van der Waals surface area contributed by atoms with Crippen molar-refractivity contribution < 1.29 is 4.74 Å². The van der Waals surface area contributed by atoms with Crippen LogP contribution in [0.2, 0.25) is 0 Å². The average Bonchev–Trinajstić information content (AvgIpc) is 2.47. The van der Waals surface area contributed by atoms with E-state index < -0.39 is 0 Å². The molecular formula is C15H19N3O. The fourth-order valence-corrected chi connectivity index (χ4v) is 1.95. The SMILES string of the molecule is CCC(Nc1nc(OC)ccc1N)c1ccccc1. The third-order valence-electron chi connectivity index (χ3n) is 3.03. The molecule has 4 nitrogen and oxygen atoms in total. The second-order valence-corrected chi connectivity index (χ2v) is 4.31. The van der Waals surface area contributed by atoms with E-state index in [1.807, 2.05) is 18.2 Å². The lowest BCUT2D eigenvalue weighted by Gasteiger charge is -2.19. The van der Waals surface area contributed by atoms with Crippen molar-refractivity contribution in [1.29, 1.82) is 0 Å². The first-order valence-corrected chi connectivity index (χ1v) is 6.36. The Bertz CT molecular complexity index is 528. The molecule has 1 aromatic heterocycles. The highest BCUT2D eigenvalue weighted by molar-refractivity contribution is 5.62. The number of hydrogen-bond acceptors (Lipinski definition) is 4. The molecular weight excluding hydrogens is 238 g/mol. The van der Waals surface area contributed by atoms with Gasteiger partial charge in [0.2, 0.25) is 5.88 Å². The number of pyridine rings is 1.